The van der Waals surface area contributed by atoms with E-state index in [2.05, 4.69) is 5.32 Å². The third-order valence-electron chi connectivity index (χ3n) is 7.52. The molecule has 4 aromatic rings. The highest BCUT2D eigenvalue weighted by Crippen LogP contribution is 2.32. The van der Waals surface area contributed by atoms with Gasteiger partial charge in [0, 0.05) is 31.1 Å². The van der Waals surface area contributed by atoms with E-state index in [1.54, 1.807) is 36.4 Å². The van der Waals surface area contributed by atoms with Gasteiger partial charge in [-0.1, -0.05) is 80.6 Å². The van der Waals surface area contributed by atoms with Crippen molar-refractivity contribution in [1.82, 2.24) is 10.2 Å². The van der Waals surface area contributed by atoms with Crippen molar-refractivity contribution in [1.29, 1.82) is 0 Å². The lowest BCUT2D eigenvalue weighted by molar-refractivity contribution is -0.140. The first kappa shape index (κ1) is 35.0. The Labute approximate surface area is 276 Å². The minimum Gasteiger partial charge on any atom is -0.493 e. The van der Waals surface area contributed by atoms with Crippen LogP contribution in [-0.2, 0) is 32.6 Å². The first-order chi connectivity index (χ1) is 22.5. The van der Waals surface area contributed by atoms with Crippen molar-refractivity contribution in [2.24, 2.45) is 5.92 Å². The van der Waals surface area contributed by atoms with Crippen molar-refractivity contribution in [3.05, 3.63) is 120 Å². The Morgan fingerprint density at radius 3 is 2.06 bits per heavy atom. The smallest absolute Gasteiger partial charge is 0.264 e. The first-order valence-corrected chi connectivity index (χ1v) is 16.6. The summed E-state index contributed by atoms with van der Waals surface area (Å²) >= 11 is 0. The van der Waals surface area contributed by atoms with Gasteiger partial charge in [-0.15, -0.1) is 0 Å². The van der Waals surface area contributed by atoms with Gasteiger partial charge in [0.05, 0.1) is 24.8 Å². The van der Waals surface area contributed by atoms with Crippen LogP contribution in [0.4, 0.5) is 10.1 Å². The van der Waals surface area contributed by atoms with Crippen molar-refractivity contribution >= 4 is 27.5 Å². The van der Waals surface area contributed by atoms with Gasteiger partial charge in [0.1, 0.15) is 18.4 Å². The number of hydrogen-bond donors (Lipinski definition) is 1. The lowest BCUT2D eigenvalue weighted by atomic mass is 10.0. The van der Waals surface area contributed by atoms with Crippen LogP contribution in [0.2, 0.25) is 0 Å². The number of hydrogen-bond acceptors (Lipinski definition) is 6. The van der Waals surface area contributed by atoms with Gasteiger partial charge in [0.15, 0.2) is 11.5 Å². The first-order valence-electron chi connectivity index (χ1n) is 15.2. The van der Waals surface area contributed by atoms with Crippen LogP contribution < -0.4 is 19.1 Å². The summed E-state index contributed by atoms with van der Waals surface area (Å²) in [5, 5.41) is 2.92. The molecule has 0 aliphatic carbocycles. The number of sulfonamides is 1. The van der Waals surface area contributed by atoms with E-state index >= 15 is 4.39 Å². The van der Waals surface area contributed by atoms with Gasteiger partial charge in [0.2, 0.25) is 11.8 Å². The normalized spacial score (nSPS) is 11.9. The molecule has 248 valence electrons. The van der Waals surface area contributed by atoms with Crippen molar-refractivity contribution in [3.8, 4) is 11.5 Å². The molecule has 0 saturated heterocycles. The number of anilines is 1. The van der Waals surface area contributed by atoms with E-state index in [1.165, 1.54) is 55.5 Å². The molecule has 11 heteroatoms. The Hall–Kier alpha value is -4.90. The van der Waals surface area contributed by atoms with Crippen LogP contribution in [0.25, 0.3) is 0 Å². The van der Waals surface area contributed by atoms with Gasteiger partial charge in [0.25, 0.3) is 10.0 Å². The molecular formula is C36H40FN3O6S. The van der Waals surface area contributed by atoms with E-state index in [0.29, 0.717) is 12.3 Å². The van der Waals surface area contributed by atoms with Gasteiger partial charge in [-0.2, -0.15) is 0 Å². The zero-order valence-electron chi connectivity index (χ0n) is 26.9. The lowest BCUT2D eigenvalue weighted by Crippen LogP contribution is -2.53. The predicted octanol–water partition coefficient (Wildman–Crippen LogP) is 5.45. The Bertz CT molecular complexity index is 1750. The molecule has 0 radical (unpaired) electrons. The second-order valence-electron chi connectivity index (χ2n) is 11.3. The summed E-state index contributed by atoms with van der Waals surface area (Å²) in [5.74, 6) is -1.01. The van der Waals surface area contributed by atoms with Crippen molar-refractivity contribution < 1.29 is 31.9 Å². The Morgan fingerprint density at radius 2 is 1.45 bits per heavy atom. The molecular weight excluding hydrogens is 621 g/mol. The minimum atomic E-state index is -4.37. The van der Waals surface area contributed by atoms with E-state index < -0.39 is 40.2 Å². The number of para-hydroxylation sites is 1. The highest BCUT2D eigenvalue weighted by molar-refractivity contribution is 7.92. The summed E-state index contributed by atoms with van der Waals surface area (Å²) in [6.45, 7) is 3.32. The summed E-state index contributed by atoms with van der Waals surface area (Å²) in [5.41, 5.74) is 1.19. The average molecular weight is 662 g/mol. The maximum absolute atomic E-state index is 15.1. The Morgan fingerprint density at radius 1 is 0.830 bits per heavy atom. The number of carbonyl (C=O) groups excluding carboxylic acids is 2. The Kier molecular flexibility index (Phi) is 12.0. The average Bonchev–Trinajstić information content (AvgIpc) is 3.08. The zero-order valence-corrected chi connectivity index (χ0v) is 27.7. The van der Waals surface area contributed by atoms with Crippen LogP contribution in [0, 0.1) is 11.7 Å². The number of amides is 2. The molecule has 0 fully saturated rings. The molecule has 1 unspecified atom stereocenters. The number of benzene rings is 4. The minimum absolute atomic E-state index is 0.124. The van der Waals surface area contributed by atoms with Crippen molar-refractivity contribution in [2.75, 3.05) is 31.6 Å². The molecule has 2 amide bonds. The van der Waals surface area contributed by atoms with Gasteiger partial charge in [-0.3, -0.25) is 13.9 Å². The summed E-state index contributed by atoms with van der Waals surface area (Å²) in [6.07, 6.45) is 0.124. The van der Waals surface area contributed by atoms with Gasteiger partial charge in [-0.05, 0) is 41.8 Å². The van der Waals surface area contributed by atoms with Gasteiger partial charge >= 0.3 is 0 Å². The molecule has 0 bridgehead atoms. The number of nitrogens with zero attached hydrogens (tertiary/aromatic N) is 2. The number of halogens is 1. The molecule has 0 spiro atoms. The van der Waals surface area contributed by atoms with Crippen LogP contribution in [0.15, 0.2) is 108 Å². The highest BCUT2D eigenvalue weighted by atomic mass is 32.2. The zero-order chi connectivity index (χ0) is 34.0. The molecule has 4 aromatic carbocycles. The van der Waals surface area contributed by atoms with Crippen molar-refractivity contribution in [3.63, 3.8) is 0 Å². The van der Waals surface area contributed by atoms with Crippen molar-refractivity contribution in [2.45, 2.75) is 37.8 Å². The van der Waals surface area contributed by atoms with Gasteiger partial charge in [-0.25, -0.2) is 12.8 Å². The quantitative estimate of drug-likeness (QED) is 0.182. The maximum Gasteiger partial charge on any atom is 0.264 e. The number of nitrogens with one attached hydrogen (secondary N) is 1. The number of carbonyl (C=O) groups is 2. The molecule has 0 aliphatic rings. The second-order valence-corrected chi connectivity index (χ2v) is 13.2. The van der Waals surface area contributed by atoms with E-state index in [9.17, 15) is 18.0 Å². The van der Waals surface area contributed by atoms with Crippen LogP contribution in [0.5, 0.6) is 11.5 Å². The molecule has 1 N–H and O–H groups in total. The summed E-state index contributed by atoms with van der Waals surface area (Å²) in [7, 11) is -1.54. The number of ether oxygens (including phenoxy) is 2. The van der Waals surface area contributed by atoms with E-state index in [1.807, 2.05) is 44.2 Å². The molecule has 1 atom stereocenters. The highest BCUT2D eigenvalue weighted by Gasteiger charge is 2.35. The topological polar surface area (TPSA) is 105 Å². The summed E-state index contributed by atoms with van der Waals surface area (Å²) in [6, 6.07) is 26.4. The third kappa shape index (κ3) is 8.88. The van der Waals surface area contributed by atoms with Crippen LogP contribution in [-0.4, -0.2) is 58.5 Å². The van der Waals surface area contributed by atoms with Gasteiger partial charge < -0.3 is 19.7 Å². The van der Waals surface area contributed by atoms with E-state index in [4.69, 9.17) is 9.47 Å². The fraction of sp³-hybridized carbons (Fsp3) is 0.278. The van der Waals surface area contributed by atoms with E-state index in [0.717, 1.165) is 9.87 Å². The molecule has 0 aliphatic heterocycles. The van der Waals surface area contributed by atoms with E-state index in [-0.39, 0.29) is 40.8 Å². The lowest BCUT2D eigenvalue weighted by Gasteiger charge is -2.34. The number of rotatable bonds is 15. The Balaban J connectivity index is 1.81. The summed E-state index contributed by atoms with van der Waals surface area (Å²) in [4.78, 5) is 29.4. The van der Waals surface area contributed by atoms with Crippen LogP contribution in [0.1, 0.15) is 25.0 Å². The monoisotopic (exact) mass is 661 g/mol. The predicted molar refractivity (Wildman–Crippen MR) is 179 cm³/mol. The fourth-order valence-corrected chi connectivity index (χ4v) is 6.44. The largest absolute Gasteiger partial charge is 0.493 e. The molecule has 4 rings (SSSR count). The second kappa shape index (κ2) is 16.1. The SMILES string of the molecule is COc1ccc(S(=O)(=O)N(CC(=O)N(Cc2ccccc2F)C(Cc2ccccc2)C(=O)NCC(C)C)c2ccccc2)cc1OC. The standard InChI is InChI=1S/C36H40FN3O6S/c1-26(2)23-38-36(42)32(21-27-13-7-5-8-14-27)39(24-28-15-11-12-18-31(28)37)35(41)25-40(29-16-9-6-10-17-29)47(43,44)30-19-20-33(45-3)34(22-30)46-4/h5-20,22,26,32H,21,23-25H2,1-4H3,(H,38,42). The summed E-state index contributed by atoms with van der Waals surface area (Å²) < 4.78 is 55.2. The molecule has 0 saturated carbocycles. The third-order valence-corrected chi connectivity index (χ3v) is 9.29. The molecule has 47 heavy (non-hydrogen) atoms. The van der Waals surface area contributed by atoms with Crippen LogP contribution in [0.3, 0.4) is 0 Å². The maximum atomic E-state index is 15.1. The number of methoxy groups -OCH3 is 2. The molecule has 9 nitrogen and oxygen atoms in total. The molecule has 0 aromatic heterocycles. The molecule has 0 heterocycles. The fourth-order valence-electron chi connectivity index (χ4n) is 5.01. The van der Waals surface area contributed by atoms with Crippen LogP contribution >= 0.6 is 0 Å².